The van der Waals surface area contributed by atoms with Crippen molar-refractivity contribution in [3.05, 3.63) is 0 Å². The van der Waals surface area contributed by atoms with Crippen molar-refractivity contribution in [2.45, 2.75) is 46.2 Å². The van der Waals surface area contributed by atoms with Crippen LogP contribution in [0.1, 0.15) is 34.6 Å². The van der Waals surface area contributed by atoms with E-state index in [0.29, 0.717) is 13.2 Å². The Balaban J connectivity index is 2.88. The first kappa shape index (κ1) is 15.0. The second-order valence-corrected chi connectivity index (χ2v) is 5.58. The van der Waals surface area contributed by atoms with E-state index in [1.54, 1.807) is 18.7 Å². The van der Waals surface area contributed by atoms with Gasteiger partial charge in [-0.25, -0.2) is 0 Å². The third-order valence-electron chi connectivity index (χ3n) is 3.22. The second kappa shape index (κ2) is 5.69. The van der Waals surface area contributed by atoms with Gasteiger partial charge in [0, 0.05) is 6.61 Å². The van der Waals surface area contributed by atoms with Gasteiger partial charge in [0.2, 0.25) is 11.8 Å². The van der Waals surface area contributed by atoms with Gasteiger partial charge in [-0.05, 0) is 26.7 Å². The molecule has 2 amide bonds. The minimum absolute atomic E-state index is 0.0412. The number of hydrogen-bond acceptors (Lipinski definition) is 3. The summed E-state index contributed by atoms with van der Waals surface area (Å²) in [6.07, 6.45) is 0. The van der Waals surface area contributed by atoms with Gasteiger partial charge in [-0.1, -0.05) is 13.8 Å². The van der Waals surface area contributed by atoms with Crippen LogP contribution in [0.2, 0.25) is 0 Å². The zero-order valence-electron chi connectivity index (χ0n) is 11.9. The molecule has 1 atom stereocenters. The normalized spacial score (nSPS) is 21.1. The van der Waals surface area contributed by atoms with Crippen LogP contribution in [0.15, 0.2) is 0 Å². The lowest BCUT2D eigenvalue weighted by Crippen LogP contribution is -2.67. The van der Waals surface area contributed by atoms with Crippen LogP contribution < -0.4 is 5.32 Å². The first-order valence-electron chi connectivity index (χ1n) is 6.49. The average molecular weight is 256 g/mol. The fourth-order valence-electron chi connectivity index (χ4n) is 2.18. The van der Waals surface area contributed by atoms with Gasteiger partial charge in [-0.2, -0.15) is 0 Å². The maximum atomic E-state index is 12.4. The first-order valence-corrected chi connectivity index (χ1v) is 6.49. The highest BCUT2D eigenvalue weighted by molar-refractivity contribution is 5.97. The minimum atomic E-state index is -0.825. The monoisotopic (exact) mass is 256 g/mol. The Labute approximate surface area is 109 Å². The number of nitrogens with zero attached hydrogens (tertiary/aromatic N) is 1. The van der Waals surface area contributed by atoms with Crippen molar-refractivity contribution in [2.24, 2.45) is 5.92 Å². The van der Waals surface area contributed by atoms with E-state index < -0.39 is 5.54 Å². The summed E-state index contributed by atoms with van der Waals surface area (Å²) in [6, 6.07) is -0.0530. The lowest BCUT2D eigenvalue weighted by molar-refractivity contribution is -0.153. The summed E-state index contributed by atoms with van der Waals surface area (Å²) in [5.74, 6) is 0.101. The smallest absolute Gasteiger partial charge is 0.248 e. The molecule has 0 spiro atoms. The van der Waals surface area contributed by atoms with Crippen LogP contribution in [0.3, 0.4) is 0 Å². The topological polar surface area (TPSA) is 58.6 Å². The summed E-state index contributed by atoms with van der Waals surface area (Å²) in [6.45, 7) is 10.7. The molecule has 1 N–H and O–H groups in total. The molecule has 0 aromatic rings. The second-order valence-electron chi connectivity index (χ2n) is 5.58. The molecule has 1 aliphatic heterocycles. The predicted octanol–water partition coefficient (Wildman–Crippen LogP) is 0.784. The number of nitrogens with one attached hydrogen (secondary N) is 1. The lowest BCUT2D eigenvalue weighted by atomic mass is 9.95. The molecule has 18 heavy (non-hydrogen) atoms. The van der Waals surface area contributed by atoms with Crippen LogP contribution in [-0.4, -0.2) is 48.1 Å². The fourth-order valence-corrected chi connectivity index (χ4v) is 2.18. The van der Waals surface area contributed by atoms with Crippen LogP contribution in [0.25, 0.3) is 0 Å². The Bertz CT molecular complexity index is 326. The number of hydrogen-bond donors (Lipinski definition) is 1. The molecular weight excluding hydrogens is 232 g/mol. The van der Waals surface area contributed by atoms with E-state index in [1.807, 2.05) is 20.8 Å². The molecule has 0 bridgehead atoms. The van der Waals surface area contributed by atoms with E-state index in [0.717, 1.165) is 0 Å². The Kier molecular flexibility index (Phi) is 4.73. The predicted molar refractivity (Wildman–Crippen MR) is 69.1 cm³/mol. The number of carbonyl (C=O) groups excluding carboxylic acids is 2. The fraction of sp³-hybridized carbons (Fsp3) is 0.846. The van der Waals surface area contributed by atoms with Crippen LogP contribution >= 0.6 is 0 Å². The summed E-state index contributed by atoms with van der Waals surface area (Å²) < 4.78 is 5.44. The van der Waals surface area contributed by atoms with Gasteiger partial charge >= 0.3 is 0 Å². The summed E-state index contributed by atoms with van der Waals surface area (Å²) in [5, 5.41) is 2.71. The van der Waals surface area contributed by atoms with E-state index in [-0.39, 0.29) is 30.3 Å². The van der Waals surface area contributed by atoms with E-state index in [9.17, 15) is 9.59 Å². The molecule has 1 saturated heterocycles. The quantitative estimate of drug-likeness (QED) is 0.791. The summed E-state index contributed by atoms with van der Waals surface area (Å²) in [7, 11) is 0. The Morgan fingerprint density at radius 1 is 1.39 bits per heavy atom. The van der Waals surface area contributed by atoms with E-state index in [2.05, 4.69) is 5.32 Å². The van der Waals surface area contributed by atoms with Crippen LogP contribution in [-0.2, 0) is 14.3 Å². The van der Waals surface area contributed by atoms with Gasteiger partial charge in [0.1, 0.15) is 12.1 Å². The van der Waals surface area contributed by atoms with Gasteiger partial charge < -0.3 is 15.0 Å². The van der Waals surface area contributed by atoms with Crippen molar-refractivity contribution in [3.63, 3.8) is 0 Å². The van der Waals surface area contributed by atoms with Gasteiger partial charge in [0.05, 0.1) is 12.6 Å². The first-order chi connectivity index (χ1) is 8.29. The van der Waals surface area contributed by atoms with Crippen molar-refractivity contribution >= 4 is 11.8 Å². The summed E-state index contributed by atoms with van der Waals surface area (Å²) in [5.41, 5.74) is -0.825. The third-order valence-corrected chi connectivity index (χ3v) is 3.22. The molecular formula is C13H24N2O3. The number of piperazine rings is 1. The number of amides is 2. The molecule has 5 heteroatoms. The van der Waals surface area contributed by atoms with Gasteiger partial charge in [0.25, 0.3) is 0 Å². The van der Waals surface area contributed by atoms with Gasteiger partial charge in [0.15, 0.2) is 0 Å². The molecule has 1 heterocycles. The molecule has 0 aromatic heterocycles. The Morgan fingerprint density at radius 3 is 2.50 bits per heavy atom. The molecule has 0 saturated carbocycles. The van der Waals surface area contributed by atoms with Crippen LogP contribution in [0, 0.1) is 5.92 Å². The zero-order chi connectivity index (χ0) is 13.9. The van der Waals surface area contributed by atoms with Crippen molar-refractivity contribution < 1.29 is 14.3 Å². The number of rotatable bonds is 5. The van der Waals surface area contributed by atoms with Crippen molar-refractivity contribution in [3.8, 4) is 0 Å². The molecule has 1 unspecified atom stereocenters. The van der Waals surface area contributed by atoms with E-state index in [1.165, 1.54) is 0 Å². The Hall–Kier alpha value is -1.10. The molecule has 0 radical (unpaired) electrons. The molecule has 104 valence electrons. The van der Waals surface area contributed by atoms with E-state index >= 15 is 0 Å². The average Bonchev–Trinajstić information content (AvgIpc) is 2.24. The van der Waals surface area contributed by atoms with Crippen molar-refractivity contribution in [2.75, 3.05) is 19.8 Å². The Morgan fingerprint density at radius 2 is 2.00 bits per heavy atom. The maximum absolute atomic E-state index is 12.4. The SMILES string of the molecule is CCOCC(C(C)C)N1CC(=O)NC(C)(C)C1=O. The largest absolute Gasteiger partial charge is 0.380 e. The molecule has 1 aliphatic rings. The molecule has 1 fully saturated rings. The molecule has 5 nitrogen and oxygen atoms in total. The molecule has 0 aromatic carbocycles. The standard InChI is InChI=1S/C13H24N2O3/c1-6-18-8-10(9(2)3)15-7-11(16)14-13(4,5)12(15)17/h9-10H,6-8H2,1-5H3,(H,14,16). The van der Waals surface area contributed by atoms with E-state index in [4.69, 9.17) is 4.74 Å². The van der Waals surface area contributed by atoms with Crippen molar-refractivity contribution in [1.82, 2.24) is 10.2 Å². The number of ether oxygens (including phenoxy) is 1. The molecule has 1 rings (SSSR count). The summed E-state index contributed by atoms with van der Waals surface area (Å²) >= 11 is 0. The minimum Gasteiger partial charge on any atom is -0.380 e. The number of carbonyl (C=O) groups is 2. The van der Waals surface area contributed by atoms with Gasteiger partial charge in [-0.15, -0.1) is 0 Å². The third kappa shape index (κ3) is 3.22. The zero-order valence-corrected chi connectivity index (χ0v) is 11.9. The highest BCUT2D eigenvalue weighted by Gasteiger charge is 2.42. The van der Waals surface area contributed by atoms with Gasteiger partial charge in [-0.3, -0.25) is 9.59 Å². The maximum Gasteiger partial charge on any atom is 0.248 e. The summed E-state index contributed by atoms with van der Waals surface area (Å²) in [4.78, 5) is 25.7. The van der Waals surface area contributed by atoms with Crippen LogP contribution in [0.4, 0.5) is 0 Å². The lowest BCUT2D eigenvalue weighted by Gasteiger charge is -2.42. The van der Waals surface area contributed by atoms with Crippen LogP contribution in [0.5, 0.6) is 0 Å². The highest BCUT2D eigenvalue weighted by Crippen LogP contribution is 2.20. The molecule has 0 aliphatic carbocycles. The van der Waals surface area contributed by atoms with Crippen molar-refractivity contribution in [1.29, 1.82) is 0 Å². The highest BCUT2D eigenvalue weighted by atomic mass is 16.5.